The van der Waals surface area contributed by atoms with Crippen molar-refractivity contribution in [1.82, 2.24) is 0 Å². The van der Waals surface area contributed by atoms with Crippen molar-refractivity contribution in [3.05, 3.63) is 0 Å². The average Bonchev–Trinajstić information content (AvgIpc) is 2.02. The van der Waals surface area contributed by atoms with E-state index in [0.717, 1.165) is 6.42 Å². The lowest BCUT2D eigenvalue weighted by Gasteiger charge is -2.12. The van der Waals surface area contributed by atoms with Crippen molar-refractivity contribution < 1.29 is 9.53 Å². The first kappa shape index (κ1) is 10.4. The van der Waals surface area contributed by atoms with Gasteiger partial charge in [0.15, 0.2) is 0 Å². The standard InChI is InChI=1S/C8H17NO2/c1-4-6(2)5-7(9)8(10)11-3/h6-7H,4-5,9H2,1-3H3/t6-,7-/m0/s1. The highest BCUT2D eigenvalue weighted by molar-refractivity contribution is 5.75. The highest BCUT2D eigenvalue weighted by Gasteiger charge is 2.15. The summed E-state index contributed by atoms with van der Waals surface area (Å²) in [6.07, 6.45) is 1.76. The maximum absolute atomic E-state index is 10.8. The molecule has 3 nitrogen and oxygen atoms in total. The van der Waals surface area contributed by atoms with Gasteiger partial charge >= 0.3 is 5.97 Å². The van der Waals surface area contributed by atoms with Crippen LogP contribution in [0.15, 0.2) is 0 Å². The fourth-order valence-corrected chi connectivity index (χ4v) is 0.848. The Morgan fingerprint density at radius 2 is 2.18 bits per heavy atom. The third kappa shape index (κ3) is 3.98. The molecule has 0 saturated heterocycles. The van der Waals surface area contributed by atoms with E-state index in [-0.39, 0.29) is 5.97 Å². The molecule has 11 heavy (non-hydrogen) atoms. The van der Waals surface area contributed by atoms with Gasteiger partial charge in [-0.15, -0.1) is 0 Å². The molecule has 0 saturated carbocycles. The third-order valence-electron chi connectivity index (χ3n) is 1.86. The lowest BCUT2D eigenvalue weighted by Crippen LogP contribution is -2.33. The summed E-state index contributed by atoms with van der Waals surface area (Å²) in [6, 6.07) is -0.449. The van der Waals surface area contributed by atoms with Gasteiger partial charge < -0.3 is 10.5 Å². The van der Waals surface area contributed by atoms with Crippen LogP contribution in [0, 0.1) is 5.92 Å². The minimum absolute atomic E-state index is 0.315. The Balaban J connectivity index is 3.67. The first-order valence-electron chi connectivity index (χ1n) is 3.95. The van der Waals surface area contributed by atoms with Crippen molar-refractivity contribution in [2.24, 2.45) is 11.7 Å². The number of carbonyl (C=O) groups is 1. The topological polar surface area (TPSA) is 52.3 Å². The van der Waals surface area contributed by atoms with Gasteiger partial charge in [-0.05, 0) is 12.3 Å². The second-order valence-electron chi connectivity index (χ2n) is 2.88. The van der Waals surface area contributed by atoms with Gasteiger partial charge in [0.05, 0.1) is 7.11 Å². The number of carbonyl (C=O) groups excluding carboxylic acids is 1. The van der Waals surface area contributed by atoms with Crippen LogP contribution in [0.25, 0.3) is 0 Å². The fourth-order valence-electron chi connectivity index (χ4n) is 0.848. The van der Waals surface area contributed by atoms with Crippen LogP contribution in [0.3, 0.4) is 0 Å². The molecule has 0 aromatic rings. The van der Waals surface area contributed by atoms with Crippen molar-refractivity contribution in [2.75, 3.05) is 7.11 Å². The van der Waals surface area contributed by atoms with E-state index in [4.69, 9.17) is 5.73 Å². The number of hydrogen-bond donors (Lipinski definition) is 1. The Bertz CT molecular complexity index is 125. The summed E-state index contributed by atoms with van der Waals surface area (Å²) in [6.45, 7) is 4.15. The van der Waals surface area contributed by atoms with Crippen LogP contribution in [0.4, 0.5) is 0 Å². The van der Waals surface area contributed by atoms with Gasteiger partial charge in [-0.2, -0.15) is 0 Å². The first-order valence-corrected chi connectivity index (χ1v) is 3.95. The molecule has 0 heterocycles. The van der Waals surface area contributed by atoms with Crippen LogP contribution in [0.1, 0.15) is 26.7 Å². The van der Waals surface area contributed by atoms with Crippen molar-refractivity contribution in [2.45, 2.75) is 32.7 Å². The number of hydrogen-bond acceptors (Lipinski definition) is 3. The summed E-state index contributed by atoms with van der Waals surface area (Å²) in [4.78, 5) is 10.8. The molecule has 0 aliphatic heterocycles. The van der Waals surface area contributed by atoms with Gasteiger partial charge in [0, 0.05) is 0 Å². The number of rotatable bonds is 4. The van der Waals surface area contributed by atoms with Crippen molar-refractivity contribution in [1.29, 1.82) is 0 Å². The highest BCUT2D eigenvalue weighted by atomic mass is 16.5. The zero-order valence-corrected chi connectivity index (χ0v) is 7.46. The number of nitrogens with two attached hydrogens (primary N) is 1. The van der Waals surface area contributed by atoms with Gasteiger partial charge in [-0.25, -0.2) is 0 Å². The summed E-state index contributed by atoms with van der Waals surface area (Å²) in [5.74, 6) is 0.175. The second-order valence-corrected chi connectivity index (χ2v) is 2.88. The van der Waals surface area contributed by atoms with Crippen LogP contribution in [-0.4, -0.2) is 19.1 Å². The summed E-state index contributed by atoms with van der Waals surface area (Å²) in [5, 5.41) is 0. The van der Waals surface area contributed by atoms with Gasteiger partial charge in [0.25, 0.3) is 0 Å². The minimum atomic E-state index is -0.449. The molecular weight excluding hydrogens is 142 g/mol. The average molecular weight is 159 g/mol. The molecule has 0 radical (unpaired) electrons. The van der Waals surface area contributed by atoms with E-state index in [2.05, 4.69) is 18.6 Å². The third-order valence-corrected chi connectivity index (χ3v) is 1.86. The van der Waals surface area contributed by atoms with E-state index in [1.165, 1.54) is 7.11 Å². The Labute approximate surface area is 67.9 Å². The minimum Gasteiger partial charge on any atom is -0.468 e. The number of methoxy groups -OCH3 is 1. The van der Waals surface area contributed by atoms with Crippen molar-refractivity contribution >= 4 is 5.97 Å². The molecule has 0 amide bonds. The molecule has 0 bridgehead atoms. The number of ether oxygens (including phenoxy) is 1. The first-order chi connectivity index (χ1) is 5.11. The van der Waals surface area contributed by atoms with Crippen LogP contribution in [0.2, 0.25) is 0 Å². The Morgan fingerprint density at radius 1 is 1.64 bits per heavy atom. The summed E-state index contributed by atoms with van der Waals surface area (Å²) in [7, 11) is 1.36. The van der Waals surface area contributed by atoms with E-state index in [1.807, 2.05) is 0 Å². The predicted molar refractivity (Wildman–Crippen MR) is 44.1 cm³/mol. The molecule has 0 aromatic carbocycles. The smallest absolute Gasteiger partial charge is 0.322 e. The van der Waals surface area contributed by atoms with E-state index < -0.39 is 6.04 Å². The molecule has 0 fully saturated rings. The predicted octanol–water partition coefficient (Wildman–Crippen LogP) is 0.923. The van der Waals surface area contributed by atoms with Gasteiger partial charge in [0.1, 0.15) is 6.04 Å². The zero-order chi connectivity index (χ0) is 8.85. The number of esters is 1. The van der Waals surface area contributed by atoms with Crippen molar-refractivity contribution in [3.63, 3.8) is 0 Å². The largest absolute Gasteiger partial charge is 0.468 e. The lowest BCUT2D eigenvalue weighted by molar-refractivity contribution is -0.142. The molecule has 0 aromatic heterocycles. The van der Waals surface area contributed by atoms with E-state index in [1.54, 1.807) is 0 Å². The molecule has 0 unspecified atom stereocenters. The Morgan fingerprint density at radius 3 is 2.55 bits per heavy atom. The van der Waals surface area contributed by atoms with E-state index >= 15 is 0 Å². The van der Waals surface area contributed by atoms with E-state index in [0.29, 0.717) is 12.3 Å². The maximum Gasteiger partial charge on any atom is 0.322 e. The molecule has 0 aliphatic rings. The SMILES string of the molecule is CC[C@H](C)C[C@H](N)C(=O)OC. The van der Waals surface area contributed by atoms with Gasteiger partial charge in [-0.1, -0.05) is 20.3 Å². The van der Waals surface area contributed by atoms with Crippen LogP contribution in [0.5, 0.6) is 0 Å². The second kappa shape index (κ2) is 5.13. The van der Waals surface area contributed by atoms with E-state index in [9.17, 15) is 4.79 Å². The molecule has 66 valence electrons. The summed E-state index contributed by atoms with van der Waals surface area (Å²) < 4.78 is 4.49. The quantitative estimate of drug-likeness (QED) is 0.621. The van der Waals surface area contributed by atoms with Crippen LogP contribution >= 0.6 is 0 Å². The molecular formula is C8H17NO2. The summed E-state index contributed by atoms with van der Waals surface area (Å²) >= 11 is 0. The monoisotopic (exact) mass is 159 g/mol. The molecule has 0 rings (SSSR count). The Kier molecular flexibility index (Phi) is 4.86. The van der Waals surface area contributed by atoms with Crippen LogP contribution in [-0.2, 0) is 9.53 Å². The van der Waals surface area contributed by atoms with Gasteiger partial charge in [-0.3, -0.25) is 4.79 Å². The van der Waals surface area contributed by atoms with Crippen molar-refractivity contribution in [3.8, 4) is 0 Å². The molecule has 3 heteroatoms. The summed E-state index contributed by atoms with van der Waals surface area (Å²) in [5.41, 5.74) is 5.53. The Hall–Kier alpha value is -0.570. The fraction of sp³-hybridized carbons (Fsp3) is 0.875. The maximum atomic E-state index is 10.8. The lowest BCUT2D eigenvalue weighted by atomic mass is 10.0. The van der Waals surface area contributed by atoms with Gasteiger partial charge in [0.2, 0.25) is 0 Å². The molecule has 2 atom stereocenters. The normalized spacial score (nSPS) is 15.6. The zero-order valence-electron chi connectivity index (χ0n) is 7.46. The molecule has 2 N–H and O–H groups in total. The highest BCUT2D eigenvalue weighted by Crippen LogP contribution is 2.08. The molecule has 0 aliphatic carbocycles. The molecule has 0 spiro atoms. The van der Waals surface area contributed by atoms with Crippen LogP contribution < -0.4 is 5.73 Å².